The maximum Gasteiger partial charge on any atom is 0.261 e. The van der Waals surface area contributed by atoms with Gasteiger partial charge in [-0.2, -0.15) is 0 Å². The zero-order valence-corrected chi connectivity index (χ0v) is 16.5. The van der Waals surface area contributed by atoms with Crippen LogP contribution < -0.4 is 14.8 Å². The van der Waals surface area contributed by atoms with Crippen molar-refractivity contribution in [2.24, 2.45) is 0 Å². The molecule has 0 atom stereocenters. The first kappa shape index (κ1) is 18.7. The fraction of sp³-hybridized carbons (Fsp3) is 0.0435. The molecule has 5 nitrogen and oxygen atoms in total. The van der Waals surface area contributed by atoms with Crippen LogP contribution in [0.1, 0.15) is 10.4 Å². The van der Waals surface area contributed by atoms with Gasteiger partial charge in [0.15, 0.2) is 5.13 Å². The number of nitrogens with one attached hydrogen (secondary N) is 1. The summed E-state index contributed by atoms with van der Waals surface area (Å²) in [7, 11) is 1.54. The summed E-state index contributed by atoms with van der Waals surface area (Å²) in [6.45, 7) is 0. The Labute approximate surface area is 172 Å². The van der Waals surface area contributed by atoms with Crippen LogP contribution in [0.25, 0.3) is 11.3 Å². The van der Waals surface area contributed by atoms with E-state index in [4.69, 9.17) is 9.47 Å². The molecule has 29 heavy (non-hydrogen) atoms. The summed E-state index contributed by atoms with van der Waals surface area (Å²) in [4.78, 5) is 17.0. The summed E-state index contributed by atoms with van der Waals surface area (Å²) in [6, 6.07) is 24.4. The largest absolute Gasteiger partial charge is 0.496 e. The van der Waals surface area contributed by atoms with Gasteiger partial charge in [-0.15, -0.1) is 11.3 Å². The van der Waals surface area contributed by atoms with E-state index in [1.54, 1.807) is 25.3 Å². The van der Waals surface area contributed by atoms with Gasteiger partial charge >= 0.3 is 0 Å². The average molecular weight is 402 g/mol. The highest BCUT2D eigenvalue weighted by Gasteiger charge is 2.14. The van der Waals surface area contributed by atoms with Crippen LogP contribution in [0.4, 0.5) is 5.13 Å². The van der Waals surface area contributed by atoms with Crippen molar-refractivity contribution in [3.63, 3.8) is 0 Å². The van der Waals surface area contributed by atoms with E-state index in [0.717, 1.165) is 22.8 Å². The Morgan fingerprint density at radius 3 is 2.34 bits per heavy atom. The highest BCUT2D eigenvalue weighted by Crippen LogP contribution is 2.29. The number of aromatic nitrogens is 1. The van der Waals surface area contributed by atoms with E-state index in [0.29, 0.717) is 16.4 Å². The number of nitrogens with zero attached hydrogens (tertiary/aromatic N) is 1. The Hall–Kier alpha value is -3.64. The lowest BCUT2D eigenvalue weighted by atomic mass is 10.2. The van der Waals surface area contributed by atoms with E-state index in [1.165, 1.54) is 11.3 Å². The molecule has 0 aliphatic carbocycles. The molecule has 0 aliphatic rings. The Bertz CT molecular complexity index is 1110. The second-order valence-electron chi connectivity index (χ2n) is 6.13. The Kier molecular flexibility index (Phi) is 5.54. The number of thiazole rings is 1. The van der Waals surface area contributed by atoms with Crippen LogP contribution in [-0.4, -0.2) is 18.0 Å². The maximum atomic E-state index is 12.5. The molecule has 3 aromatic carbocycles. The second-order valence-corrected chi connectivity index (χ2v) is 6.99. The van der Waals surface area contributed by atoms with Gasteiger partial charge in [-0.25, -0.2) is 4.98 Å². The minimum atomic E-state index is -0.255. The molecular formula is C23H18N2O3S. The molecule has 0 saturated heterocycles. The molecule has 0 bridgehead atoms. The molecule has 144 valence electrons. The number of carbonyl (C=O) groups is 1. The number of hydrogen-bond donors (Lipinski definition) is 1. The predicted octanol–water partition coefficient (Wildman–Crippen LogP) is 5.86. The summed E-state index contributed by atoms with van der Waals surface area (Å²) in [5.41, 5.74) is 2.20. The SMILES string of the molecule is COc1ccccc1C(=O)Nc1nc(-c2ccc(Oc3ccccc3)cc2)cs1. The number of hydrogen-bond acceptors (Lipinski definition) is 5. The molecule has 1 heterocycles. The molecular weight excluding hydrogens is 384 g/mol. The van der Waals surface area contributed by atoms with Gasteiger partial charge in [-0.3, -0.25) is 10.1 Å². The van der Waals surface area contributed by atoms with E-state index in [1.807, 2.05) is 66.0 Å². The lowest BCUT2D eigenvalue weighted by Crippen LogP contribution is -2.12. The maximum absolute atomic E-state index is 12.5. The van der Waals surface area contributed by atoms with Crippen LogP contribution in [0.2, 0.25) is 0 Å². The molecule has 0 radical (unpaired) electrons. The minimum absolute atomic E-state index is 0.255. The van der Waals surface area contributed by atoms with Crippen molar-refractivity contribution in [2.45, 2.75) is 0 Å². The van der Waals surface area contributed by atoms with Gasteiger partial charge in [-0.05, 0) is 48.5 Å². The number of carbonyl (C=O) groups excluding carboxylic acids is 1. The molecule has 0 fully saturated rings. The number of benzene rings is 3. The van der Waals surface area contributed by atoms with Gasteiger partial charge in [0, 0.05) is 10.9 Å². The third-order valence-electron chi connectivity index (χ3n) is 4.21. The van der Waals surface area contributed by atoms with Crippen LogP contribution in [0, 0.1) is 0 Å². The van der Waals surface area contributed by atoms with Crippen LogP contribution in [0.5, 0.6) is 17.2 Å². The number of rotatable bonds is 6. The molecule has 0 spiro atoms. The van der Waals surface area contributed by atoms with Gasteiger partial charge in [-0.1, -0.05) is 30.3 Å². The van der Waals surface area contributed by atoms with Crippen molar-refractivity contribution >= 4 is 22.4 Å². The first-order chi connectivity index (χ1) is 14.2. The first-order valence-electron chi connectivity index (χ1n) is 8.96. The molecule has 6 heteroatoms. The molecule has 0 unspecified atom stereocenters. The smallest absolute Gasteiger partial charge is 0.261 e. The lowest BCUT2D eigenvalue weighted by Gasteiger charge is -2.07. The van der Waals surface area contributed by atoms with E-state index < -0.39 is 0 Å². The summed E-state index contributed by atoms with van der Waals surface area (Å²) >= 11 is 1.37. The van der Waals surface area contributed by atoms with Crippen molar-refractivity contribution in [1.29, 1.82) is 0 Å². The number of para-hydroxylation sites is 2. The summed E-state index contributed by atoms with van der Waals surface area (Å²) in [5.74, 6) is 1.81. The van der Waals surface area contributed by atoms with E-state index in [-0.39, 0.29) is 5.91 Å². The molecule has 4 rings (SSSR count). The van der Waals surface area contributed by atoms with Gasteiger partial charge < -0.3 is 9.47 Å². The molecule has 0 aliphatic heterocycles. The standard InChI is InChI=1S/C23H18N2O3S/c1-27-21-10-6-5-9-19(21)22(26)25-23-24-20(15-29-23)16-11-13-18(14-12-16)28-17-7-3-2-4-8-17/h2-15H,1H3,(H,24,25,26). The average Bonchev–Trinajstić information content (AvgIpc) is 3.23. The third kappa shape index (κ3) is 4.44. The molecule has 4 aromatic rings. The molecule has 0 saturated carbocycles. The summed E-state index contributed by atoms with van der Waals surface area (Å²) in [6.07, 6.45) is 0. The van der Waals surface area contributed by atoms with Crippen LogP contribution >= 0.6 is 11.3 Å². The zero-order chi connectivity index (χ0) is 20.1. The van der Waals surface area contributed by atoms with Gasteiger partial charge in [0.25, 0.3) is 5.91 Å². The summed E-state index contributed by atoms with van der Waals surface area (Å²) < 4.78 is 11.1. The van der Waals surface area contributed by atoms with Crippen LogP contribution in [0.15, 0.2) is 84.2 Å². The second kappa shape index (κ2) is 8.58. The Balaban J connectivity index is 1.45. The molecule has 1 N–H and O–H groups in total. The number of amides is 1. The Morgan fingerprint density at radius 1 is 0.897 bits per heavy atom. The van der Waals surface area contributed by atoms with Gasteiger partial charge in [0.1, 0.15) is 17.2 Å². The lowest BCUT2D eigenvalue weighted by molar-refractivity contribution is 0.102. The Morgan fingerprint density at radius 2 is 1.59 bits per heavy atom. The quantitative estimate of drug-likeness (QED) is 0.439. The highest BCUT2D eigenvalue weighted by atomic mass is 32.1. The van der Waals surface area contributed by atoms with Crippen molar-refractivity contribution < 1.29 is 14.3 Å². The zero-order valence-electron chi connectivity index (χ0n) is 15.7. The van der Waals surface area contributed by atoms with Crippen molar-refractivity contribution in [2.75, 3.05) is 12.4 Å². The molecule has 1 aromatic heterocycles. The van der Waals surface area contributed by atoms with E-state index in [2.05, 4.69) is 10.3 Å². The monoisotopic (exact) mass is 402 g/mol. The topological polar surface area (TPSA) is 60.5 Å². The van der Waals surface area contributed by atoms with Gasteiger partial charge in [0.2, 0.25) is 0 Å². The normalized spacial score (nSPS) is 10.4. The van der Waals surface area contributed by atoms with Gasteiger partial charge in [0.05, 0.1) is 18.4 Å². The van der Waals surface area contributed by atoms with E-state index >= 15 is 0 Å². The minimum Gasteiger partial charge on any atom is -0.496 e. The van der Waals surface area contributed by atoms with Crippen molar-refractivity contribution in [3.05, 3.63) is 89.8 Å². The third-order valence-corrected chi connectivity index (χ3v) is 4.96. The number of methoxy groups -OCH3 is 1. The fourth-order valence-corrected chi connectivity index (χ4v) is 3.49. The number of ether oxygens (including phenoxy) is 2. The van der Waals surface area contributed by atoms with Crippen molar-refractivity contribution in [1.82, 2.24) is 4.98 Å². The first-order valence-corrected chi connectivity index (χ1v) is 9.84. The van der Waals surface area contributed by atoms with Crippen molar-refractivity contribution in [3.8, 4) is 28.5 Å². The van der Waals surface area contributed by atoms with Crippen LogP contribution in [0.3, 0.4) is 0 Å². The molecule has 1 amide bonds. The predicted molar refractivity (Wildman–Crippen MR) is 115 cm³/mol. The fourth-order valence-electron chi connectivity index (χ4n) is 2.78. The highest BCUT2D eigenvalue weighted by molar-refractivity contribution is 7.14. The number of anilines is 1. The van der Waals surface area contributed by atoms with Crippen LogP contribution in [-0.2, 0) is 0 Å². The summed E-state index contributed by atoms with van der Waals surface area (Å²) in [5, 5.41) is 5.27. The van der Waals surface area contributed by atoms with E-state index in [9.17, 15) is 4.79 Å².